The van der Waals surface area contributed by atoms with E-state index < -0.39 is 15.9 Å². The lowest BCUT2D eigenvalue weighted by Crippen LogP contribution is -2.46. The Morgan fingerprint density at radius 1 is 1.24 bits per heavy atom. The number of aliphatic hydroxyl groups is 1. The summed E-state index contributed by atoms with van der Waals surface area (Å²) in [4.78, 5) is 30.3. The molecule has 2 aromatic rings. The average Bonchev–Trinajstić information content (AvgIpc) is 3.23. The monoisotopic (exact) mass is 472 g/mol. The number of aromatic amines is 1. The highest BCUT2D eigenvalue weighted by Gasteiger charge is 2.26. The lowest BCUT2D eigenvalue weighted by atomic mass is 10.0. The fraction of sp³-hybridized carbons (Fsp3) is 0.391. The molecular formula is C23H28N4O5S. The fourth-order valence-corrected chi connectivity index (χ4v) is 5.56. The van der Waals surface area contributed by atoms with Crippen molar-refractivity contribution in [1.29, 1.82) is 0 Å². The van der Waals surface area contributed by atoms with Crippen molar-refractivity contribution in [2.45, 2.75) is 20.0 Å². The maximum Gasteiger partial charge on any atom is 0.256 e. The lowest BCUT2D eigenvalue weighted by molar-refractivity contribution is -0.110. The van der Waals surface area contributed by atoms with Gasteiger partial charge in [0.25, 0.3) is 11.8 Å². The van der Waals surface area contributed by atoms with Crippen LogP contribution in [0.2, 0.25) is 0 Å². The molecule has 33 heavy (non-hydrogen) atoms. The number of aryl methyl sites for hydroxylation is 1. The van der Waals surface area contributed by atoms with Crippen molar-refractivity contribution in [3.05, 3.63) is 52.3 Å². The van der Waals surface area contributed by atoms with Gasteiger partial charge in [-0.15, -0.1) is 0 Å². The molecule has 1 fully saturated rings. The second-order valence-electron chi connectivity index (χ2n) is 8.54. The molecule has 0 bridgehead atoms. The lowest BCUT2D eigenvalue weighted by Gasteiger charge is -2.28. The number of nitrogens with zero attached hydrogens (tertiary/aromatic N) is 1. The molecule has 0 saturated carbocycles. The van der Waals surface area contributed by atoms with E-state index in [0.29, 0.717) is 47.7 Å². The molecule has 3 heterocycles. The second kappa shape index (κ2) is 9.12. The minimum atomic E-state index is -2.98. The Labute approximate surface area is 192 Å². The number of aliphatic hydroxyl groups excluding tert-OH is 1. The van der Waals surface area contributed by atoms with Gasteiger partial charge in [-0.05, 0) is 31.6 Å². The second-order valence-corrected chi connectivity index (χ2v) is 10.8. The van der Waals surface area contributed by atoms with Crippen LogP contribution in [0.5, 0.6) is 0 Å². The quantitative estimate of drug-likeness (QED) is 0.463. The summed E-state index contributed by atoms with van der Waals surface area (Å²) < 4.78 is 23.1. The van der Waals surface area contributed by atoms with Gasteiger partial charge in [0.1, 0.15) is 0 Å². The van der Waals surface area contributed by atoms with Crippen LogP contribution in [0.3, 0.4) is 0 Å². The molecule has 1 aromatic carbocycles. The molecule has 176 valence electrons. The zero-order valence-electron chi connectivity index (χ0n) is 18.6. The number of sulfone groups is 1. The van der Waals surface area contributed by atoms with Crippen LogP contribution >= 0.6 is 0 Å². The van der Waals surface area contributed by atoms with Gasteiger partial charge in [-0.2, -0.15) is 0 Å². The summed E-state index contributed by atoms with van der Waals surface area (Å²) in [7, 11) is -2.98. The van der Waals surface area contributed by atoms with E-state index in [2.05, 4.69) is 15.6 Å². The number of aromatic nitrogens is 1. The van der Waals surface area contributed by atoms with Gasteiger partial charge in [-0.3, -0.25) is 14.5 Å². The largest absolute Gasteiger partial charge is 0.390 e. The Hall–Kier alpha value is -2.95. The number of fused-ring (bicyclic) bond motifs is 1. The zero-order chi connectivity index (χ0) is 23.8. The van der Waals surface area contributed by atoms with Crippen LogP contribution in [0.1, 0.15) is 32.9 Å². The molecule has 2 amide bonds. The van der Waals surface area contributed by atoms with Crippen LogP contribution in [0, 0.1) is 13.8 Å². The van der Waals surface area contributed by atoms with Crippen LogP contribution in [0.25, 0.3) is 11.6 Å². The number of amides is 2. The van der Waals surface area contributed by atoms with Crippen LogP contribution in [-0.4, -0.2) is 79.0 Å². The van der Waals surface area contributed by atoms with Gasteiger partial charge >= 0.3 is 0 Å². The summed E-state index contributed by atoms with van der Waals surface area (Å²) in [6.45, 7) is 4.73. The van der Waals surface area contributed by atoms with Gasteiger partial charge in [-0.1, -0.05) is 18.2 Å². The summed E-state index contributed by atoms with van der Waals surface area (Å²) in [5, 5.41) is 15.9. The van der Waals surface area contributed by atoms with E-state index in [9.17, 15) is 23.1 Å². The third kappa shape index (κ3) is 5.02. The third-order valence-electron chi connectivity index (χ3n) is 6.11. The first-order valence-corrected chi connectivity index (χ1v) is 12.7. The topological polar surface area (TPSA) is 132 Å². The van der Waals surface area contributed by atoms with Gasteiger partial charge in [0.2, 0.25) is 0 Å². The highest BCUT2D eigenvalue weighted by Crippen LogP contribution is 2.33. The standard InChI is InChI=1S/C23H28N4O5S/c1-14-20(11-18-17-5-3-4-6-19(17)26-22(18)29)25-15(2)21(14)23(30)24-12-16(28)13-27-7-9-33(31,32)10-8-27/h3-6,11,16,25,28H,7-10,12-13H2,1-2H3,(H,24,30)(H,26,29)/b18-11-. The summed E-state index contributed by atoms with van der Waals surface area (Å²) in [5.41, 5.74) is 4.63. The van der Waals surface area contributed by atoms with E-state index in [-0.39, 0.29) is 29.9 Å². The number of benzene rings is 1. The number of rotatable bonds is 6. The third-order valence-corrected chi connectivity index (χ3v) is 7.72. The minimum Gasteiger partial charge on any atom is -0.390 e. The summed E-state index contributed by atoms with van der Waals surface area (Å²) >= 11 is 0. The molecule has 2 aliphatic heterocycles. The van der Waals surface area contributed by atoms with E-state index in [1.54, 1.807) is 13.0 Å². The number of hydrogen-bond donors (Lipinski definition) is 4. The first-order valence-electron chi connectivity index (χ1n) is 10.9. The number of para-hydroxylation sites is 1. The number of carbonyl (C=O) groups excluding carboxylic acids is 2. The van der Waals surface area contributed by atoms with Crippen molar-refractivity contribution < 1.29 is 23.1 Å². The Bertz CT molecular complexity index is 1220. The molecule has 1 saturated heterocycles. The van der Waals surface area contributed by atoms with Gasteiger partial charge in [0, 0.05) is 48.8 Å². The molecule has 9 nitrogen and oxygen atoms in total. The smallest absolute Gasteiger partial charge is 0.256 e. The van der Waals surface area contributed by atoms with Crippen molar-refractivity contribution in [2.75, 3.05) is 43.0 Å². The van der Waals surface area contributed by atoms with Crippen molar-refractivity contribution >= 4 is 39.0 Å². The predicted molar refractivity (Wildman–Crippen MR) is 127 cm³/mol. The maximum absolute atomic E-state index is 12.8. The zero-order valence-corrected chi connectivity index (χ0v) is 19.5. The molecule has 0 radical (unpaired) electrons. The first-order chi connectivity index (χ1) is 15.6. The Balaban J connectivity index is 1.42. The Morgan fingerprint density at radius 2 is 1.94 bits per heavy atom. The molecule has 1 unspecified atom stereocenters. The van der Waals surface area contributed by atoms with Gasteiger partial charge in [0.15, 0.2) is 9.84 Å². The van der Waals surface area contributed by atoms with Crippen molar-refractivity contribution in [3.8, 4) is 0 Å². The molecular weight excluding hydrogens is 444 g/mol. The molecule has 0 aliphatic carbocycles. The van der Waals surface area contributed by atoms with Crippen LogP contribution in [-0.2, 0) is 14.6 Å². The van der Waals surface area contributed by atoms with Crippen LogP contribution in [0.4, 0.5) is 5.69 Å². The highest BCUT2D eigenvalue weighted by molar-refractivity contribution is 7.91. The highest BCUT2D eigenvalue weighted by atomic mass is 32.2. The van der Waals surface area contributed by atoms with Gasteiger partial charge in [-0.25, -0.2) is 8.42 Å². The van der Waals surface area contributed by atoms with Crippen molar-refractivity contribution in [3.63, 3.8) is 0 Å². The van der Waals surface area contributed by atoms with Gasteiger partial charge < -0.3 is 20.7 Å². The molecule has 4 N–H and O–H groups in total. The molecule has 1 aromatic heterocycles. The van der Waals surface area contributed by atoms with E-state index in [0.717, 1.165) is 11.3 Å². The molecule has 2 aliphatic rings. The maximum atomic E-state index is 12.8. The molecule has 0 spiro atoms. The number of anilines is 1. The average molecular weight is 473 g/mol. The Morgan fingerprint density at radius 3 is 2.67 bits per heavy atom. The fourth-order valence-electron chi connectivity index (χ4n) is 4.28. The predicted octanol–water partition coefficient (Wildman–Crippen LogP) is 0.945. The van der Waals surface area contributed by atoms with Gasteiger partial charge in [0.05, 0.1) is 28.7 Å². The Kier molecular flexibility index (Phi) is 6.42. The molecule has 10 heteroatoms. The van der Waals surface area contributed by atoms with Crippen molar-refractivity contribution in [1.82, 2.24) is 15.2 Å². The van der Waals surface area contributed by atoms with E-state index in [4.69, 9.17) is 0 Å². The SMILES string of the molecule is Cc1[nH]c(/C=C2\C(=O)Nc3ccccc32)c(C)c1C(=O)NCC(O)CN1CCS(=O)(=O)CC1. The normalized spacial score (nSPS) is 19.8. The number of nitrogens with one attached hydrogen (secondary N) is 3. The minimum absolute atomic E-state index is 0.0539. The molecule has 1 atom stereocenters. The number of hydrogen-bond acceptors (Lipinski definition) is 6. The molecule has 4 rings (SSSR count). The number of β-amino-alcohol motifs (C(OH)–C–C–N with tert-alkyl or cyclic N) is 1. The summed E-state index contributed by atoms with van der Waals surface area (Å²) in [6, 6.07) is 7.44. The summed E-state index contributed by atoms with van der Waals surface area (Å²) in [5.74, 6) is -0.326. The van der Waals surface area contributed by atoms with E-state index >= 15 is 0 Å². The van der Waals surface area contributed by atoms with Crippen LogP contribution < -0.4 is 10.6 Å². The summed E-state index contributed by atoms with van der Waals surface area (Å²) in [6.07, 6.45) is 0.939. The number of H-pyrrole nitrogens is 1. The van der Waals surface area contributed by atoms with Crippen LogP contribution in [0.15, 0.2) is 24.3 Å². The number of carbonyl (C=O) groups is 2. The van der Waals surface area contributed by atoms with Crippen molar-refractivity contribution in [2.24, 2.45) is 0 Å². The van der Waals surface area contributed by atoms with E-state index in [1.165, 1.54) is 0 Å². The first kappa shape index (κ1) is 23.2. The van der Waals surface area contributed by atoms with E-state index in [1.807, 2.05) is 36.1 Å².